The van der Waals surface area contributed by atoms with Gasteiger partial charge in [0, 0.05) is 6.04 Å². The summed E-state index contributed by atoms with van der Waals surface area (Å²) in [6, 6.07) is 8.06. The second-order valence-corrected chi connectivity index (χ2v) is 6.50. The molecule has 0 aliphatic heterocycles. The zero-order valence-corrected chi connectivity index (χ0v) is 14.3. The molecule has 4 heteroatoms. The average molecular weight is 316 g/mol. The highest BCUT2D eigenvalue weighted by atomic mass is 16.5. The number of nitrogens with one attached hydrogen (secondary N) is 1. The fourth-order valence-electron chi connectivity index (χ4n) is 2.96. The Bertz CT molecular complexity index is 536. The van der Waals surface area contributed by atoms with Crippen LogP contribution in [-0.2, 0) is 4.79 Å². The lowest BCUT2D eigenvalue weighted by Gasteiger charge is -2.30. The van der Waals surface area contributed by atoms with Gasteiger partial charge >= 0.3 is 0 Å². The summed E-state index contributed by atoms with van der Waals surface area (Å²) in [4.78, 5) is 14.5. The van der Waals surface area contributed by atoms with Gasteiger partial charge in [-0.1, -0.05) is 38.0 Å². The minimum atomic E-state index is 0.00412. The van der Waals surface area contributed by atoms with Crippen LogP contribution in [0.25, 0.3) is 0 Å². The van der Waals surface area contributed by atoms with Crippen molar-refractivity contribution in [3.8, 4) is 5.75 Å². The van der Waals surface area contributed by atoms with E-state index in [4.69, 9.17) is 4.74 Å². The minimum absolute atomic E-state index is 0.00412. The van der Waals surface area contributed by atoms with E-state index in [-0.39, 0.29) is 5.91 Å². The number of hydrogen-bond acceptors (Lipinski definition) is 3. The number of likely N-dealkylation sites (N-methyl/N-ethyl adjacent to an activating group) is 1. The molecule has 1 N–H and O–H groups in total. The van der Waals surface area contributed by atoms with Gasteiger partial charge in [-0.2, -0.15) is 0 Å². The van der Waals surface area contributed by atoms with Gasteiger partial charge < -0.3 is 10.1 Å². The van der Waals surface area contributed by atoms with Crippen LogP contribution in [0.5, 0.6) is 5.75 Å². The first-order valence-electron chi connectivity index (χ1n) is 8.42. The average Bonchev–Trinajstić information content (AvgIpc) is 2.54. The molecule has 0 atom stereocenters. The second-order valence-electron chi connectivity index (χ2n) is 6.50. The van der Waals surface area contributed by atoms with E-state index in [9.17, 15) is 4.79 Å². The Morgan fingerprint density at radius 1 is 1.30 bits per heavy atom. The SMILES string of the molecule is C=C(C)COc1ccccc1NC(=O)CN(C)C1CCCCC1. The number of rotatable bonds is 7. The smallest absolute Gasteiger partial charge is 0.238 e. The predicted octanol–water partition coefficient (Wildman–Crippen LogP) is 3.84. The number of nitrogens with zero attached hydrogens (tertiary/aromatic N) is 1. The maximum Gasteiger partial charge on any atom is 0.238 e. The summed E-state index contributed by atoms with van der Waals surface area (Å²) in [7, 11) is 2.04. The number of ether oxygens (including phenoxy) is 1. The maximum atomic E-state index is 12.3. The van der Waals surface area contributed by atoms with Gasteiger partial charge in [-0.05, 0) is 44.5 Å². The van der Waals surface area contributed by atoms with Crippen LogP contribution in [-0.4, -0.2) is 37.0 Å². The van der Waals surface area contributed by atoms with Crippen LogP contribution in [0.4, 0.5) is 5.69 Å². The van der Waals surface area contributed by atoms with Crippen LogP contribution >= 0.6 is 0 Å². The quantitative estimate of drug-likeness (QED) is 0.777. The van der Waals surface area contributed by atoms with E-state index in [1.54, 1.807) is 0 Å². The largest absolute Gasteiger partial charge is 0.487 e. The van der Waals surface area contributed by atoms with Crippen molar-refractivity contribution in [2.75, 3.05) is 25.5 Å². The van der Waals surface area contributed by atoms with Crippen molar-refractivity contribution >= 4 is 11.6 Å². The first-order valence-corrected chi connectivity index (χ1v) is 8.42. The molecule has 1 fully saturated rings. The van der Waals surface area contributed by atoms with Crippen molar-refractivity contribution in [3.05, 3.63) is 36.4 Å². The third kappa shape index (κ3) is 5.71. The Morgan fingerprint density at radius 3 is 2.70 bits per heavy atom. The molecule has 1 aliphatic rings. The Hall–Kier alpha value is -1.81. The number of hydrogen-bond donors (Lipinski definition) is 1. The van der Waals surface area contributed by atoms with Crippen molar-refractivity contribution in [2.45, 2.75) is 45.1 Å². The van der Waals surface area contributed by atoms with Crippen molar-refractivity contribution in [1.82, 2.24) is 4.90 Å². The molecule has 1 saturated carbocycles. The number of benzene rings is 1. The molecule has 0 heterocycles. The van der Waals surface area contributed by atoms with Gasteiger partial charge in [0.2, 0.25) is 5.91 Å². The lowest BCUT2D eigenvalue weighted by molar-refractivity contribution is -0.117. The highest BCUT2D eigenvalue weighted by Crippen LogP contribution is 2.25. The first kappa shape index (κ1) is 17.5. The normalized spacial score (nSPS) is 15.4. The van der Waals surface area contributed by atoms with Gasteiger partial charge in [-0.3, -0.25) is 9.69 Å². The van der Waals surface area contributed by atoms with Crippen molar-refractivity contribution in [1.29, 1.82) is 0 Å². The molecule has 0 bridgehead atoms. The summed E-state index contributed by atoms with van der Waals surface area (Å²) in [6.07, 6.45) is 6.26. The fraction of sp³-hybridized carbons (Fsp3) is 0.526. The van der Waals surface area contributed by atoms with Crippen LogP contribution in [0.2, 0.25) is 0 Å². The van der Waals surface area contributed by atoms with E-state index in [1.165, 1.54) is 32.1 Å². The molecule has 1 aliphatic carbocycles. The highest BCUT2D eigenvalue weighted by molar-refractivity contribution is 5.93. The zero-order chi connectivity index (χ0) is 16.7. The molecule has 1 aromatic rings. The molecule has 0 spiro atoms. The van der Waals surface area contributed by atoms with Crippen LogP contribution < -0.4 is 10.1 Å². The van der Waals surface area contributed by atoms with E-state index in [0.29, 0.717) is 24.9 Å². The molecule has 0 unspecified atom stereocenters. The molecular formula is C19H28N2O2. The van der Waals surface area contributed by atoms with Gasteiger partial charge in [0.05, 0.1) is 12.2 Å². The molecule has 0 saturated heterocycles. The molecule has 2 rings (SSSR count). The second kappa shape index (κ2) is 8.73. The van der Waals surface area contributed by atoms with Gasteiger partial charge in [-0.25, -0.2) is 0 Å². The topological polar surface area (TPSA) is 41.6 Å². The maximum absolute atomic E-state index is 12.3. The standard InChI is InChI=1S/C19H28N2O2/c1-15(2)14-23-18-12-8-7-11-17(18)20-19(22)13-21(3)16-9-5-4-6-10-16/h7-8,11-12,16H,1,4-6,9-10,13-14H2,2-3H3,(H,20,22). The monoisotopic (exact) mass is 316 g/mol. The number of para-hydroxylation sites is 2. The molecule has 1 amide bonds. The van der Waals surface area contributed by atoms with Crippen LogP contribution in [0.3, 0.4) is 0 Å². The van der Waals surface area contributed by atoms with Crippen LogP contribution in [0.15, 0.2) is 36.4 Å². The molecule has 23 heavy (non-hydrogen) atoms. The summed E-state index contributed by atoms with van der Waals surface area (Å²) in [6.45, 7) is 6.62. The molecule has 4 nitrogen and oxygen atoms in total. The lowest BCUT2D eigenvalue weighted by Crippen LogP contribution is -2.39. The Balaban J connectivity index is 1.90. The number of amides is 1. The van der Waals surface area contributed by atoms with Crippen LogP contribution in [0.1, 0.15) is 39.0 Å². The van der Waals surface area contributed by atoms with Gasteiger partial charge in [0.1, 0.15) is 12.4 Å². The molecule has 0 radical (unpaired) electrons. The zero-order valence-electron chi connectivity index (χ0n) is 14.3. The molecule has 1 aromatic carbocycles. The number of carbonyl (C=O) groups is 1. The molecule has 0 aromatic heterocycles. The number of anilines is 1. The highest BCUT2D eigenvalue weighted by Gasteiger charge is 2.20. The third-order valence-electron chi connectivity index (χ3n) is 4.23. The summed E-state index contributed by atoms with van der Waals surface area (Å²) in [5.41, 5.74) is 1.67. The molecular weight excluding hydrogens is 288 g/mol. The van der Waals surface area contributed by atoms with E-state index in [2.05, 4.69) is 16.8 Å². The Morgan fingerprint density at radius 2 is 2.00 bits per heavy atom. The summed E-state index contributed by atoms with van der Waals surface area (Å²) < 4.78 is 5.69. The minimum Gasteiger partial charge on any atom is -0.487 e. The van der Waals surface area contributed by atoms with E-state index >= 15 is 0 Å². The Labute approximate surface area is 139 Å². The Kier molecular flexibility index (Phi) is 6.66. The lowest BCUT2D eigenvalue weighted by atomic mass is 9.94. The van der Waals surface area contributed by atoms with E-state index < -0.39 is 0 Å². The summed E-state index contributed by atoms with van der Waals surface area (Å²) in [5, 5.41) is 2.97. The van der Waals surface area contributed by atoms with Gasteiger partial charge in [0.25, 0.3) is 0 Å². The van der Waals surface area contributed by atoms with E-state index in [1.807, 2.05) is 38.2 Å². The van der Waals surface area contributed by atoms with E-state index in [0.717, 1.165) is 11.3 Å². The molecule has 126 valence electrons. The van der Waals surface area contributed by atoms with Crippen molar-refractivity contribution in [3.63, 3.8) is 0 Å². The van der Waals surface area contributed by atoms with Crippen molar-refractivity contribution in [2.24, 2.45) is 0 Å². The first-order chi connectivity index (χ1) is 11.1. The summed E-state index contributed by atoms with van der Waals surface area (Å²) in [5.74, 6) is 0.689. The summed E-state index contributed by atoms with van der Waals surface area (Å²) >= 11 is 0. The third-order valence-corrected chi connectivity index (χ3v) is 4.23. The van der Waals surface area contributed by atoms with Gasteiger partial charge in [0.15, 0.2) is 0 Å². The van der Waals surface area contributed by atoms with Crippen molar-refractivity contribution < 1.29 is 9.53 Å². The predicted molar refractivity (Wildman–Crippen MR) is 94.9 cm³/mol. The van der Waals surface area contributed by atoms with Crippen LogP contribution in [0, 0.1) is 0 Å². The fourth-order valence-corrected chi connectivity index (χ4v) is 2.96. The number of carbonyl (C=O) groups excluding carboxylic acids is 1. The van der Waals surface area contributed by atoms with Gasteiger partial charge in [-0.15, -0.1) is 0 Å².